The predicted molar refractivity (Wildman–Crippen MR) is 149 cm³/mol. The van der Waals surface area contributed by atoms with Crippen molar-refractivity contribution in [2.45, 2.75) is 47.7 Å². The van der Waals surface area contributed by atoms with Gasteiger partial charge in [-0.05, 0) is 68.8 Å². The van der Waals surface area contributed by atoms with Gasteiger partial charge < -0.3 is 19.3 Å². The Labute approximate surface area is 236 Å². The van der Waals surface area contributed by atoms with Crippen LogP contribution in [0.2, 0.25) is 0 Å². The molecule has 0 unspecified atom stereocenters. The molecule has 0 atom stereocenters. The van der Waals surface area contributed by atoms with E-state index in [9.17, 15) is 22.8 Å². The van der Waals surface area contributed by atoms with E-state index in [0.29, 0.717) is 41.2 Å². The number of ether oxygens (including phenoxy) is 3. The fourth-order valence-electron chi connectivity index (χ4n) is 2.73. The number of aliphatic carboxylic acids is 1. The number of allylic oxidation sites excluding steroid dienone is 5. The summed E-state index contributed by atoms with van der Waals surface area (Å²) in [4.78, 5) is 30.0. The summed E-state index contributed by atoms with van der Waals surface area (Å²) in [5, 5.41) is 9.21. The minimum absolute atomic E-state index is 0.0375. The number of anilines is 1. The molecule has 0 fully saturated rings. The zero-order valence-electron chi connectivity index (χ0n) is 23.3. The summed E-state index contributed by atoms with van der Waals surface area (Å²) >= 11 is 1.35. The molecule has 0 bridgehead atoms. The molecule has 1 aromatic heterocycles. The zero-order valence-corrected chi connectivity index (χ0v) is 24.2. The van der Waals surface area contributed by atoms with Crippen LogP contribution in [-0.2, 0) is 25.5 Å². The molecule has 0 saturated heterocycles. The number of thiophene rings is 1. The second-order valence-electron chi connectivity index (χ2n) is 7.08. The lowest BCUT2D eigenvalue weighted by atomic mass is 10.0. The first-order valence-electron chi connectivity index (χ1n) is 12.2. The van der Waals surface area contributed by atoms with E-state index in [1.54, 1.807) is 44.2 Å². The quantitative estimate of drug-likeness (QED) is 0.0550. The first-order valence-corrected chi connectivity index (χ1v) is 13.0. The number of benzene rings is 1. The maximum absolute atomic E-state index is 13.0. The number of halogens is 3. The highest BCUT2D eigenvalue weighted by atomic mass is 32.1. The molecule has 8 nitrogen and oxygen atoms in total. The van der Waals surface area contributed by atoms with Crippen LogP contribution in [0.15, 0.2) is 66.2 Å². The molecular formula is C28H36F3NO7S. The van der Waals surface area contributed by atoms with Crippen LogP contribution in [0.4, 0.5) is 18.2 Å². The second kappa shape index (κ2) is 21.1. The third-order valence-corrected chi connectivity index (χ3v) is 5.58. The lowest BCUT2D eigenvalue weighted by Gasteiger charge is -2.10. The molecule has 0 aliphatic rings. The minimum atomic E-state index is -2.94. The van der Waals surface area contributed by atoms with Crippen molar-refractivity contribution < 1.29 is 46.9 Å². The number of carboxylic acids is 1. The van der Waals surface area contributed by atoms with Crippen molar-refractivity contribution in [2.24, 2.45) is 0 Å². The maximum atomic E-state index is 13.0. The van der Waals surface area contributed by atoms with Crippen molar-refractivity contribution in [2.75, 3.05) is 26.1 Å². The number of aryl methyl sites for hydroxylation is 1. The van der Waals surface area contributed by atoms with E-state index < -0.39 is 19.2 Å². The molecule has 0 aliphatic carbocycles. The Bertz CT molecular complexity index is 1110. The van der Waals surface area contributed by atoms with Crippen molar-refractivity contribution >= 4 is 28.1 Å². The number of hydrogen-bond acceptors (Lipinski definition) is 8. The van der Waals surface area contributed by atoms with Gasteiger partial charge in [0.25, 0.3) is 0 Å². The average molecular weight is 588 g/mol. The molecule has 2 rings (SSSR count). The summed E-state index contributed by atoms with van der Waals surface area (Å²) in [6.45, 7) is 5.81. The van der Waals surface area contributed by atoms with E-state index in [1.165, 1.54) is 35.6 Å². The molecule has 0 aliphatic heterocycles. The van der Waals surface area contributed by atoms with Gasteiger partial charge in [0.15, 0.2) is 12.4 Å². The topological polar surface area (TPSA) is 103 Å². The van der Waals surface area contributed by atoms with Crippen LogP contribution in [0, 0.1) is 0 Å². The highest BCUT2D eigenvalue weighted by Crippen LogP contribution is 2.31. The van der Waals surface area contributed by atoms with E-state index in [4.69, 9.17) is 19.4 Å². The summed E-state index contributed by atoms with van der Waals surface area (Å²) < 4.78 is 49.1. The number of rotatable bonds is 15. The van der Waals surface area contributed by atoms with Crippen LogP contribution in [0.3, 0.4) is 0 Å². The van der Waals surface area contributed by atoms with Gasteiger partial charge in [-0.2, -0.15) is 8.78 Å². The van der Waals surface area contributed by atoms with Crippen molar-refractivity contribution in [1.29, 1.82) is 0 Å². The smallest absolute Gasteiger partial charge is 0.387 e. The molecule has 222 valence electrons. The number of carboxylic acid groups (broad SMARTS) is 1. The fraction of sp³-hybridized carbons (Fsp3) is 0.357. The number of hydrogen-bond donors (Lipinski definition) is 2. The summed E-state index contributed by atoms with van der Waals surface area (Å²) in [7, 11) is 0.500. The third-order valence-electron chi connectivity index (χ3n) is 4.40. The number of alkyl halides is 3. The molecule has 2 N–H and O–H groups in total. The van der Waals surface area contributed by atoms with Gasteiger partial charge in [-0.1, -0.05) is 26.8 Å². The van der Waals surface area contributed by atoms with Gasteiger partial charge >= 0.3 is 12.6 Å². The number of nitrogens with one attached hydrogen (secondary N) is 1. The van der Waals surface area contributed by atoms with Gasteiger partial charge in [0.2, 0.25) is 6.79 Å². The molecular weight excluding hydrogens is 551 g/mol. The molecule has 0 radical (unpaired) electrons. The van der Waals surface area contributed by atoms with E-state index >= 15 is 0 Å². The number of ketones is 1. The molecule has 12 heteroatoms. The zero-order chi connectivity index (χ0) is 30.5. The van der Waals surface area contributed by atoms with Gasteiger partial charge in [-0.15, -0.1) is 11.3 Å². The molecule has 0 saturated carbocycles. The standard InChI is InChI=1S/C25H27F2NO7S.C2H6.CH3F/c1-4-6-18(32-14-22(29)30)10-7-16(3)33-15-34-28-24-21(13-20(5-2)36-24)23(31)17-8-11-19(12-9-17)35-25(26)27;2*1-2/h4,6-13,25,28H,5,14-15H2,1-3H3,(H,29,30);1-2H3;1H3/b6-4-,16-7+,18-10+;;. The van der Waals surface area contributed by atoms with Gasteiger partial charge in [0.05, 0.1) is 18.5 Å². The van der Waals surface area contributed by atoms with Crippen molar-refractivity contribution in [3.63, 3.8) is 0 Å². The highest BCUT2D eigenvalue weighted by Gasteiger charge is 2.18. The minimum Gasteiger partial charge on any atom is -0.482 e. The first-order chi connectivity index (χ1) is 19.2. The van der Waals surface area contributed by atoms with E-state index in [-0.39, 0.29) is 18.3 Å². The summed E-state index contributed by atoms with van der Waals surface area (Å²) in [5.41, 5.74) is 3.42. The molecule has 0 amide bonds. The Balaban J connectivity index is 0.00000363. The van der Waals surface area contributed by atoms with Gasteiger partial charge in [0, 0.05) is 10.4 Å². The Morgan fingerprint density at radius 1 is 1.10 bits per heavy atom. The van der Waals surface area contributed by atoms with Crippen LogP contribution in [0.1, 0.15) is 55.4 Å². The second-order valence-corrected chi connectivity index (χ2v) is 8.22. The molecule has 1 heterocycles. The largest absolute Gasteiger partial charge is 0.482 e. The molecule has 2 aromatic rings. The summed E-state index contributed by atoms with van der Waals surface area (Å²) in [6.07, 6.45) is 7.19. The predicted octanol–water partition coefficient (Wildman–Crippen LogP) is 7.54. The monoisotopic (exact) mass is 587 g/mol. The van der Waals surface area contributed by atoms with Crippen LogP contribution in [-0.4, -0.2) is 44.0 Å². The fourth-order valence-corrected chi connectivity index (χ4v) is 3.68. The molecule has 0 spiro atoms. The Hall–Kier alpha value is -3.77. The molecule has 40 heavy (non-hydrogen) atoms. The summed E-state index contributed by atoms with van der Waals surface area (Å²) in [6, 6.07) is 7.20. The van der Waals surface area contributed by atoms with Crippen LogP contribution in [0.5, 0.6) is 5.75 Å². The van der Waals surface area contributed by atoms with Gasteiger partial charge in [0.1, 0.15) is 16.5 Å². The van der Waals surface area contributed by atoms with E-state index in [0.717, 1.165) is 4.88 Å². The van der Waals surface area contributed by atoms with E-state index in [2.05, 4.69) is 10.2 Å². The Morgan fingerprint density at radius 2 is 1.75 bits per heavy atom. The normalized spacial score (nSPS) is 11.2. The van der Waals surface area contributed by atoms with Gasteiger partial charge in [-0.3, -0.25) is 14.7 Å². The lowest BCUT2D eigenvalue weighted by molar-refractivity contribution is -0.140. The van der Waals surface area contributed by atoms with Crippen molar-refractivity contribution in [3.8, 4) is 5.75 Å². The first kappa shape index (κ1) is 36.2. The van der Waals surface area contributed by atoms with Crippen LogP contribution in [0.25, 0.3) is 0 Å². The van der Waals surface area contributed by atoms with Crippen molar-refractivity contribution in [1.82, 2.24) is 0 Å². The maximum Gasteiger partial charge on any atom is 0.387 e. The lowest BCUT2D eigenvalue weighted by Crippen LogP contribution is -2.08. The number of carbonyl (C=O) groups excluding carboxylic acids is 1. The Kier molecular flexibility index (Phi) is 19.1. The van der Waals surface area contributed by atoms with Crippen LogP contribution >= 0.6 is 11.3 Å². The molecule has 1 aromatic carbocycles. The van der Waals surface area contributed by atoms with Crippen LogP contribution < -0.4 is 10.2 Å². The number of carbonyl (C=O) groups is 2. The summed E-state index contributed by atoms with van der Waals surface area (Å²) in [5.74, 6) is -0.604. The van der Waals surface area contributed by atoms with E-state index in [1.807, 2.05) is 20.8 Å². The highest BCUT2D eigenvalue weighted by molar-refractivity contribution is 7.16. The SMILES string of the molecule is CC.CF.C\C=C/C(=C\C=C(/C)OCONc1sc(CC)cc1C(=O)c1ccc(OC(F)F)cc1)OCC(=O)O. The Morgan fingerprint density at radius 3 is 2.30 bits per heavy atom. The third kappa shape index (κ3) is 13.9. The van der Waals surface area contributed by atoms with Crippen molar-refractivity contribution in [3.05, 3.63) is 82.2 Å². The van der Waals surface area contributed by atoms with Gasteiger partial charge in [-0.25, -0.2) is 9.63 Å². The average Bonchev–Trinajstić information content (AvgIpc) is 3.37.